The number of aryl methyl sites for hydroxylation is 1. The third-order valence-electron chi connectivity index (χ3n) is 3.66. The number of nitrogens with zero attached hydrogens (tertiary/aromatic N) is 2. The summed E-state index contributed by atoms with van der Waals surface area (Å²) in [4.78, 5) is 13.8. The molecule has 1 aliphatic carbocycles. The maximum atomic E-state index is 12.2. The number of rotatable bonds is 3. The van der Waals surface area contributed by atoms with Gasteiger partial charge in [0, 0.05) is 26.8 Å². The lowest BCUT2D eigenvalue weighted by atomic mass is 10.0. The highest BCUT2D eigenvalue weighted by atomic mass is 16.3. The van der Waals surface area contributed by atoms with Gasteiger partial charge in [0.25, 0.3) is 5.91 Å². The van der Waals surface area contributed by atoms with Crippen molar-refractivity contribution < 1.29 is 9.90 Å². The molecule has 5 nitrogen and oxygen atoms in total. The van der Waals surface area contributed by atoms with E-state index in [-0.39, 0.29) is 5.91 Å². The SMILES string of the molecule is CN(CC1(O)CCCC1)C(=O)c1cc(N)cn1C. The summed E-state index contributed by atoms with van der Waals surface area (Å²) in [6.45, 7) is 0.386. The first-order valence-electron chi connectivity index (χ1n) is 6.31. The summed E-state index contributed by atoms with van der Waals surface area (Å²) in [5.41, 5.74) is 6.09. The molecule has 1 saturated carbocycles. The quantitative estimate of drug-likeness (QED) is 0.841. The van der Waals surface area contributed by atoms with Crippen LogP contribution in [0.5, 0.6) is 0 Å². The number of nitrogens with two attached hydrogens (primary N) is 1. The van der Waals surface area contributed by atoms with E-state index in [0.717, 1.165) is 25.7 Å². The molecule has 100 valence electrons. The molecule has 1 fully saturated rings. The van der Waals surface area contributed by atoms with Crippen LogP contribution in [0.2, 0.25) is 0 Å². The van der Waals surface area contributed by atoms with Crippen molar-refractivity contribution in [1.29, 1.82) is 0 Å². The normalized spacial score (nSPS) is 17.9. The fourth-order valence-corrected chi connectivity index (χ4v) is 2.70. The average molecular weight is 251 g/mol. The van der Waals surface area contributed by atoms with Crippen molar-refractivity contribution in [3.63, 3.8) is 0 Å². The first-order valence-corrected chi connectivity index (χ1v) is 6.31. The monoisotopic (exact) mass is 251 g/mol. The Kier molecular flexibility index (Phi) is 3.34. The van der Waals surface area contributed by atoms with Gasteiger partial charge in [-0.1, -0.05) is 12.8 Å². The molecule has 0 bridgehead atoms. The van der Waals surface area contributed by atoms with Crippen LogP contribution in [-0.2, 0) is 7.05 Å². The predicted molar refractivity (Wildman–Crippen MR) is 70.2 cm³/mol. The molecule has 0 aromatic carbocycles. The van der Waals surface area contributed by atoms with E-state index in [0.29, 0.717) is 17.9 Å². The van der Waals surface area contributed by atoms with Gasteiger partial charge in [-0.2, -0.15) is 0 Å². The summed E-state index contributed by atoms with van der Waals surface area (Å²) in [5.74, 6) is -0.102. The van der Waals surface area contributed by atoms with Crippen LogP contribution in [0.25, 0.3) is 0 Å². The van der Waals surface area contributed by atoms with Crippen molar-refractivity contribution in [2.45, 2.75) is 31.3 Å². The van der Waals surface area contributed by atoms with Crippen molar-refractivity contribution in [2.24, 2.45) is 7.05 Å². The first-order chi connectivity index (χ1) is 8.41. The molecule has 18 heavy (non-hydrogen) atoms. The smallest absolute Gasteiger partial charge is 0.270 e. The highest BCUT2D eigenvalue weighted by Crippen LogP contribution is 2.30. The van der Waals surface area contributed by atoms with Gasteiger partial charge in [0.15, 0.2) is 0 Å². The molecule has 0 radical (unpaired) electrons. The number of nitrogen functional groups attached to an aromatic ring is 1. The van der Waals surface area contributed by atoms with E-state index in [9.17, 15) is 9.90 Å². The van der Waals surface area contributed by atoms with Crippen molar-refractivity contribution in [3.05, 3.63) is 18.0 Å². The summed E-state index contributed by atoms with van der Waals surface area (Å²) in [5, 5.41) is 10.3. The highest BCUT2D eigenvalue weighted by molar-refractivity contribution is 5.93. The Morgan fingerprint density at radius 1 is 1.56 bits per heavy atom. The fourth-order valence-electron chi connectivity index (χ4n) is 2.70. The third kappa shape index (κ3) is 2.51. The minimum Gasteiger partial charge on any atom is -0.397 e. The molecular formula is C13H21N3O2. The number of anilines is 1. The number of carbonyl (C=O) groups is 1. The van der Waals surface area contributed by atoms with Crippen molar-refractivity contribution in [2.75, 3.05) is 19.3 Å². The molecule has 1 heterocycles. The zero-order chi connectivity index (χ0) is 13.3. The molecule has 1 aromatic rings. The molecule has 0 unspecified atom stereocenters. The molecule has 0 saturated heterocycles. The number of likely N-dealkylation sites (N-methyl/N-ethyl adjacent to an activating group) is 1. The van der Waals surface area contributed by atoms with Crippen molar-refractivity contribution in [3.8, 4) is 0 Å². The minimum absolute atomic E-state index is 0.102. The highest BCUT2D eigenvalue weighted by Gasteiger charge is 2.33. The van der Waals surface area contributed by atoms with Gasteiger partial charge in [0.1, 0.15) is 5.69 Å². The number of carbonyl (C=O) groups excluding carboxylic acids is 1. The lowest BCUT2D eigenvalue weighted by Crippen LogP contribution is -2.42. The Balaban J connectivity index is 2.07. The van der Waals surface area contributed by atoms with Gasteiger partial charge < -0.3 is 20.3 Å². The van der Waals surface area contributed by atoms with E-state index >= 15 is 0 Å². The first kappa shape index (κ1) is 13.0. The summed E-state index contributed by atoms with van der Waals surface area (Å²) >= 11 is 0. The Morgan fingerprint density at radius 3 is 2.67 bits per heavy atom. The van der Waals surface area contributed by atoms with Crippen molar-refractivity contribution >= 4 is 11.6 Å². The maximum Gasteiger partial charge on any atom is 0.270 e. The molecule has 1 aliphatic rings. The van der Waals surface area contributed by atoms with Crippen LogP contribution in [-0.4, -0.2) is 39.7 Å². The molecular weight excluding hydrogens is 230 g/mol. The second kappa shape index (κ2) is 4.65. The average Bonchev–Trinajstić information content (AvgIpc) is 2.84. The van der Waals surface area contributed by atoms with E-state index in [2.05, 4.69) is 0 Å². The molecule has 0 spiro atoms. The second-order valence-corrected chi connectivity index (χ2v) is 5.36. The standard InChI is InChI=1S/C13H21N3O2/c1-15-8-10(14)7-11(15)12(17)16(2)9-13(18)5-3-4-6-13/h7-8,18H,3-6,9,14H2,1-2H3. The van der Waals surface area contributed by atoms with Crippen LogP contribution in [0.15, 0.2) is 12.3 Å². The molecule has 0 aliphatic heterocycles. The Labute approximate surface area is 107 Å². The summed E-state index contributed by atoms with van der Waals surface area (Å²) < 4.78 is 1.72. The Bertz CT molecular complexity index is 447. The summed E-state index contributed by atoms with van der Waals surface area (Å²) in [6.07, 6.45) is 5.34. The van der Waals surface area contributed by atoms with E-state index in [1.807, 2.05) is 0 Å². The van der Waals surface area contributed by atoms with Gasteiger partial charge >= 0.3 is 0 Å². The molecule has 5 heteroatoms. The van der Waals surface area contributed by atoms with Gasteiger partial charge in [0.05, 0.1) is 11.3 Å². The van der Waals surface area contributed by atoms with Crippen LogP contribution in [0.3, 0.4) is 0 Å². The summed E-state index contributed by atoms with van der Waals surface area (Å²) in [7, 11) is 3.52. The minimum atomic E-state index is -0.707. The van der Waals surface area contributed by atoms with Gasteiger partial charge in [-0.15, -0.1) is 0 Å². The van der Waals surface area contributed by atoms with Crippen LogP contribution in [0.1, 0.15) is 36.2 Å². The molecule has 3 N–H and O–H groups in total. The molecule has 1 amide bonds. The van der Waals surface area contributed by atoms with Crippen molar-refractivity contribution in [1.82, 2.24) is 9.47 Å². The van der Waals surface area contributed by atoms with E-state index < -0.39 is 5.60 Å². The topological polar surface area (TPSA) is 71.5 Å². The van der Waals surface area contributed by atoms with Crippen LogP contribution in [0, 0.1) is 0 Å². The van der Waals surface area contributed by atoms with Crippen LogP contribution >= 0.6 is 0 Å². The largest absolute Gasteiger partial charge is 0.397 e. The lowest BCUT2D eigenvalue weighted by molar-refractivity contribution is 0.0153. The summed E-state index contributed by atoms with van der Waals surface area (Å²) in [6, 6.07) is 1.66. The van der Waals surface area contributed by atoms with E-state index in [1.165, 1.54) is 0 Å². The maximum absolute atomic E-state index is 12.2. The molecule has 2 rings (SSSR count). The van der Waals surface area contributed by atoms with Crippen LogP contribution in [0.4, 0.5) is 5.69 Å². The van der Waals surface area contributed by atoms with Gasteiger partial charge in [-0.3, -0.25) is 4.79 Å². The van der Waals surface area contributed by atoms with Gasteiger partial charge in [0.2, 0.25) is 0 Å². The second-order valence-electron chi connectivity index (χ2n) is 5.36. The predicted octanol–water partition coefficient (Wildman–Crippen LogP) is 0.984. The van der Waals surface area contributed by atoms with Gasteiger partial charge in [-0.25, -0.2) is 0 Å². The molecule has 1 aromatic heterocycles. The van der Waals surface area contributed by atoms with Crippen LogP contribution < -0.4 is 5.73 Å². The molecule has 0 atom stereocenters. The Hall–Kier alpha value is -1.49. The third-order valence-corrected chi connectivity index (χ3v) is 3.66. The Morgan fingerprint density at radius 2 is 2.17 bits per heavy atom. The van der Waals surface area contributed by atoms with E-state index in [4.69, 9.17) is 5.73 Å². The number of aliphatic hydroxyl groups is 1. The van der Waals surface area contributed by atoms with E-state index in [1.54, 1.807) is 35.8 Å². The zero-order valence-corrected chi connectivity index (χ0v) is 11.0. The fraction of sp³-hybridized carbons (Fsp3) is 0.615. The van der Waals surface area contributed by atoms with Gasteiger partial charge in [-0.05, 0) is 18.9 Å². The zero-order valence-electron chi connectivity index (χ0n) is 11.0. The number of hydrogen-bond donors (Lipinski definition) is 2. The lowest BCUT2D eigenvalue weighted by Gasteiger charge is -2.28. The number of aromatic nitrogens is 1. The number of hydrogen-bond acceptors (Lipinski definition) is 3. The number of amides is 1.